The number of halogens is 1. The van der Waals surface area contributed by atoms with Crippen LogP contribution >= 0.6 is 15.9 Å². The summed E-state index contributed by atoms with van der Waals surface area (Å²) in [6, 6.07) is 22.2. The third kappa shape index (κ3) is 2.40. The van der Waals surface area contributed by atoms with Crippen LogP contribution in [0.2, 0.25) is 0 Å². The summed E-state index contributed by atoms with van der Waals surface area (Å²) in [6.45, 7) is 0.647. The predicted octanol–water partition coefficient (Wildman–Crippen LogP) is 4.46. The van der Waals surface area contributed by atoms with E-state index in [4.69, 9.17) is 0 Å². The van der Waals surface area contributed by atoms with E-state index in [0.29, 0.717) is 17.8 Å². The summed E-state index contributed by atoms with van der Waals surface area (Å²) < 4.78 is 0.860. The van der Waals surface area contributed by atoms with E-state index in [1.54, 1.807) is 12.1 Å². The Kier molecular flexibility index (Phi) is 4.28. The minimum Gasteiger partial charge on any atom is -0.325 e. The van der Waals surface area contributed by atoms with Gasteiger partial charge in [0.2, 0.25) is 11.8 Å². The second kappa shape index (κ2) is 7.12. The molecule has 35 heavy (non-hydrogen) atoms. The highest BCUT2D eigenvalue weighted by atomic mass is 79.9. The van der Waals surface area contributed by atoms with Crippen LogP contribution in [0.25, 0.3) is 0 Å². The number of hydrogen-bond acceptors (Lipinski definition) is 4. The lowest BCUT2D eigenvalue weighted by atomic mass is 9.60. The average molecular weight is 528 g/mol. The van der Waals surface area contributed by atoms with Gasteiger partial charge < -0.3 is 10.6 Å². The number of carbonyl (C=O) groups excluding carboxylic acids is 3. The number of hydrogen-bond donors (Lipinski definition) is 2. The second-order valence-corrected chi connectivity index (χ2v) is 10.7. The van der Waals surface area contributed by atoms with Crippen molar-refractivity contribution in [2.75, 3.05) is 17.2 Å². The van der Waals surface area contributed by atoms with Gasteiger partial charge in [-0.15, -0.1) is 0 Å². The van der Waals surface area contributed by atoms with E-state index in [2.05, 4.69) is 31.5 Å². The molecule has 174 valence electrons. The van der Waals surface area contributed by atoms with E-state index in [1.807, 2.05) is 60.7 Å². The fourth-order valence-electron chi connectivity index (χ4n) is 7.28. The van der Waals surface area contributed by atoms with Crippen molar-refractivity contribution in [1.82, 2.24) is 4.90 Å². The summed E-state index contributed by atoms with van der Waals surface area (Å²) in [4.78, 5) is 45.0. The summed E-state index contributed by atoms with van der Waals surface area (Å²) in [5.41, 5.74) is 1.07. The van der Waals surface area contributed by atoms with Crippen molar-refractivity contribution in [2.24, 2.45) is 5.92 Å². The monoisotopic (exact) mass is 527 g/mol. The lowest BCUT2D eigenvalue weighted by Gasteiger charge is -2.38. The Morgan fingerprint density at radius 1 is 0.857 bits per heavy atom. The lowest BCUT2D eigenvalue weighted by molar-refractivity contribution is -0.128. The van der Waals surface area contributed by atoms with E-state index < -0.39 is 16.9 Å². The van der Waals surface area contributed by atoms with Crippen molar-refractivity contribution < 1.29 is 14.4 Å². The molecule has 2 spiro atoms. The first-order valence-electron chi connectivity index (χ1n) is 11.9. The Morgan fingerprint density at radius 2 is 1.49 bits per heavy atom. The second-order valence-electron chi connectivity index (χ2n) is 9.79. The Bertz CT molecular complexity index is 1360. The number of ketones is 1. The van der Waals surface area contributed by atoms with Gasteiger partial charge in [-0.3, -0.25) is 19.3 Å². The predicted molar refractivity (Wildman–Crippen MR) is 135 cm³/mol. The maximum atomic E-state index is 14.6. The maximum Gasteiger partial charge on any atom is 0.250 e. The highest BCUT2D eigenvalue weighted by molar-refractivity contribution is 9.10. The van der Waals surface area contributed by atoms with Gasteiger partial charge in [0.25, 0.3) is 0 Å². The molecule has 0 aromatic heterocycles. The highest BCUT2D eigenvalue weighted by Crippen LogP contribution is 2.66. The average Bonchev–Trinajstić information content (AvgIpc) is 3.58. The van der Waals surface area contributed by atoms with Crippen LogP contribution in [0.5, 0.6) is 0 Å². The molecule has 0 saturated carbocycles. The van der Waals surface area contributed by atoms with Crippen LogP contribution in [-0.2, 0) is 20.5 Å². The maximum absolute atomic E-state index is 14.6. The molecule has 0 radical (unpaired) electrons. The van der Waals surface area contributed by atoms with E-state index in [1.165, 1.54) is 0 Å². The van der Waals surface area contributed by atoms with Gasteiger partial charge in [-0.2, -0.15) is 0 Å². The zero-order valence-electron chi connectivity index (χ0n) is 18.8. The number of benzene rings is 3. The first-order valence-corrected chi connectivity index (χ1v) is 12.7. The molecule has 2 N–H and O–H groups in total. The van der Waals surface area contributed by atoms with Crippen LogP contribution in [0.3, 0.4) is 0 Å². The van der Waals surface area contributed by atoms with Gasteiger partial charge in [0.1, 0.15) is 11.0 Å². The minimum absolute atomic E-state index is 0.189. The van der Waals surface area contributed by atoms with Crippen LogP contribution in [0, 0.1) is 5.92 Å². The van der Waals surface area contributed by atoms with Crippen LogP contribution < -0.4 is 10.6 Å². The molecular formula is C28H22BrN3O3. The molecule has 0 bridgehead atoms. The quantitative estimate of drug-likeness (QED) is 0.482. The molecule has 0 aliphatic carbocycles. The van der Waals surface area contributed by atoms with Gasteiger partial charge >= 0.3 is 0 Å². The number of fused-ring (bicyclic) bond motifs is 7. The fraction of sp³-hybridized carbons (Fsp3) is 0.250. The van der Waals surface area contributed by atoms with Crippen LogP contribution in [0.15, 0.2) is 77.3 Å². The molecule has 7 rings (SSSR count). The Hall–Kier alpha value is -3.29. The molecule has 4 aliphatic heterocycles. The summed E-state index contributed by atoms with van der Waals surface area (Å²) in [5.74, 6) is -1.53. The van der Waals surface area contributed by atoms with Gasteiger partial charge in [-0.1, -0.05) is 64.5 Å². The summed E-state index contributed by atoms with van der Waals surface area (Å²) in [6.07, 6.45) is 1.60. The van der Waals surface area contributed by atoms with Crippen molar-refractivity contribution in [1.29, 1.82) is 0 Å². The number of nitrogens with zero attached hydrogens (tertiary/aromatic N) is 1. The molecule has 2 fully saturated rings. The third-order valence-corrected chi connectivity index (χ3v) is 8.95. The lowest BCUT2D eigenvalue weighted by Crippen LogP contribution is -2.55. The number of carbonyl (C=O) groups is 3. The molecule has 6 nitrogen and oxygen atoms in total. The van der Waals surface area contributed by atoms with Crippen molar-refractivity contribution in [2.45, 2.75) is 29.8 Å². The molecule has 2 saturated heterocycles. The Balaban J connectivity index is 1.58. The summed E-state index contributed by atoms with van der Waals surface area (Å²) >= 11 is 3.45. The zero-order valence-corrected chi connectivity index (χ0v) is 20.3. The molecule has 4 aliphatic rings. The fourth-order valence-corrected chi connectivity index (χ4v) is 7.55. The smallest absolute Gasteiger partial charge is 0.250 e. The Labute approximate surface area is 210 Å². The molecular weight excluding hydrogens is 506 g/mol. The zero-order chi connectivity index (χ0) is 23.9. The highest BCUT2D eigenvalue weighted by Gasteiger charge is 2.78. The number of para-hydroxylation sites is 2. The molecule has 4 heterocycles. The summed E-state index contributed by atoms with van der Waals surface area (Å²) in [5, 5.41) is 6.14. The number of nitrogens with one attached hydrogen (secondary N) is 2. The van der Waals surface area contributed by atoms with Crippen molar-refractivity contribution in [3.8, 4) is 0 Å². The van der Waals surface area contributed by atoms with Gasteiger partial charge in [0, 0.05) is 33.0 Å². The number of rotatable bonds is 2. The topological polar surface area (TPSA) is 78.5 Å². The van der Waals surface area contributed by atoms with Crippen LogP contribution in [0.4, 0.5) is 11.4 Å². The third-order valence-electron chi connectivity index (χ3n) is 8.42. The van der Waals surface area contributed by atoms with Crippen molar-refractivity contribution in [3.05, 3.63) is 94.0 Å². The van der Waals surface area contributed by atoms with E-state index in [9.17, 15) is 14.4 Å². The molecule has 7 heteroatoms. The molecule has 2 amide bonds. The molecule has 3 aromatic rings. The van der Waals surface area contributed by atoms with Gasteiger partial charge in [0.15, 0.2) is 5.78 Å². The molecule has 4 atom stereocenters. The standard InChI is InChI=1S/C28H22BrN3O3/c29-17-13-11-16(12-14-17)23(33)24-27(18-6-1-3-8-20(18)30-25(27)34)22-10-5-15-32(22)28(24)19-7-2-4-9-21(19)31-26(28)35/h1-4,6-9,11-14,22,24H,5,10,15H2,(H,30,34)(H,31,35). The van der Waals surface area contributed by atoms with Crippen molar-refractivity contribution >= 4 is 44.9 Å². The Morgan fingerprint density at radius 3 is 2.23 bits per heavy atom. The van der Waals surface area contributed by atoms with E-state index in [-0.39, 0.29) is 23.6 Å². The van der Waals surface area contributed by atoms with Gasteiger partial charge in [0.05, 0.1) is 5.92 Å². The van der Waals surface area contributed by atoms with Gasteiger partial charge in [-0.05, 0) is 49.2 Å². The number of Topliss-reactive ketones (excluding diaryl/α,β-unsaturated/α-hetero) is 1. The summed E-state index contributed by atoms with van der Waals surface area (Å²) in [7, 11) is 0. The van der Waals surface area contributed by atoms with Crippen LogP contribution in [0.1, 0.15) is 34.3 Å². The van der Waals surface area contributed by atoms with Crippen molar-refractivity contribution in [3.63, 3.8) is 0 Å². The van der Waals surface area contributed by atoms with Gasteiger partial charge in [-0.25, -0.2) is 0 Å². The largest absolute Gasteiger partial charge is 0.325 e. The SMILES string of the molecule is O=C(c1ccc(Br)cc1)C1C2(C(=O)Nc3ccccc32)C2CCCN2C12C(=O)Nc1ccccc12. The minimum atomic E-state index is -1.27. The molecule has 4 unspecified atom stereocenters. The normalized spacial score (nSPS) is 30.3. The van der Waals surface area contributed by atoms with Crippen LogP contribution in [-0.4, -0.2) is 35.1 Å². The first-order chi connectivity index (χ1) is 17.0. The number of amides is 2. The number of anilines is 2. The molecule has 3 aromatic carbocycles. The van der Waals surface area contributed by atoms with E-state index >= 15 is 0 Å². The first kappa shape index (κ1) is 21.0. The van der Waals surface area contributed by atoms with E-state index in [0.717, 1.165) is 34.1 Å².